The van der Waals surface area contributed by atoms with Gasteiger partial charge in [0.1, 0.15) is 10.7 Å². The van der Waals surface area contributed by atoms with Gasteiger partial charge in [0.2, 0.25) is 0 Å². The van der Waals surface area contributed by atoms with Crippen LogP contribution in [0.2, 0.25) is 5.02 Å². The summed E-state index contributed by atoms with van der Waals surface area (Å²) in [6.45, 7) is 3.26. The molecule has 122 valence electrons. The molecule has 0 bridgehead atoms. The molecular formula is C15H13ClFNO4S. The second-order valence-corrected chi connectivity index (χ2v) is 7.08. The number of rotatable bonds is 4. The molecule has 0 aliphatic heterocycles. The Morgan fingerprint density at radius 1 is 1.22 bits per heavy atom. The van der Waals surface area contributed by atoms with E-state index in [0.29, 0.717) is 11.1 Å². The first-order chi connectivity index (χ1) is 10.6. The minimum absolute atomic E-state index is 0.0548. The summed E-state index contributed by atoms with van der Waals surface area (Å²) >= 11 is 5.60. The number of carbonyl (C=O) groups is 1. The summed E-state index contributed by atoms with van der Waals surface area (Å²) in [4.78, 5) is 10.7. The molecule has 2 aromatic rings. The molecule has 0 aliphatic carbocycles. The van der Waals surface area contributed by atoms with Crippen LogP contribution in [0.5, 0.6) is 0 Å². The highest BCUT2D eigenvalue weighted by Gasteiger charge is 2.23. The average molecular weight is 358 g/mol. The van der Waals surface area contributed by atoms with E-state index in [1.165, 1.54) is 12.1 Å². The van der Waals surface area contributed by atoms with Crippen molar-refractivity contribution in [1.29, 1.82) is 0 Å². The first kappa shape index (κ1) is 17.2. The number of aryl methyl sites for hydroxylation is 2. The van der Waals surface area contributed by atoms with E-state index >= 15 is 0 Å². The number of hydrogen-bond acceptors (Lipinski definition) is 3. The lowest BCUT2D eigenvalue weighted by atomic mass is 10.0. The number of carboxylic acids is 1. The third kappa shape index (κ3) is 3.62. The van der Waals surface area contributed by atoms with Crippen LogP contribution in [0.25, 0.3) is 0 Å². The van der Waals surface area contributed by atoms with Crippen LogP contribution in [0.1, 0.15) is 21.5 Å². The Bertz CT molecular complexity index is 897. The highest BCUT2D eigenvalue weighted by molar-refractivity contribution is 7.92. The highest BCUT2D eigenvalue weighted by atomic mass is 35.5. The minimum Gasteiger partial charge on any atom is -0.478 e. The molecular weight excluding hydrogens is 345 g/mol. The van der Waals surface area contributed by atoms with Gasteiger partial charge in [-0.15, -0.1) is 0 Å². The maximum Gasteiger partial charge on any atom is 0.337 e. The zero-order chi connectivity index (χ0) is 17.4. The van der Waals surface area contributed by atoms with Crippen LogP contribution in [0.4, 0.5) is 10.1 Å². The smallest absolute Gasteiger partial charge is 0.337 e. The third-order valence-corrected chi connectivity index (χ3v) is 4.75. The first-order valence-corrected chi connectivity index (χ1v) is 8.30. The molecule has 0 radical (unpaired) electrons. The minimum atomic E-state index is -4.30. The van der Waals surface area contributed by atoms with Crippen LogP contribution in [-0.4, -0.2) is 19.5 Å². The Labute approximate surface area is 137 Å². The Kier molecular flexibility index (Phi) is 4.63. The SMILES string of the molecule is Cc1cc(C)c(NS(=O)(=O)c2ccc(Cl)cc2F)c(C(=O)O)c1. The van der Waals surface area contributed by atoms with Gasteiger partial charge in [0.15, 0.2) is 0 Å². The van der Waals surface area contributed by atoms with E-state index in [9.17, 15) is 22.7 Å². The molecule has 0 saturated carbocycles. The summed E-state index contributed by atoms with van der Waals surface area (Å²) in [7, 11) is -4.30. The van der Waals surface area contributed by atoms with Crippen molar-refractivity contribution in [3.63, 3.8) is 0 Å². The number of benzene rings is 2. The number of aromatic carboxylic acids is 1. The normalized spacial score (nSPS) is 11.3. The molecule has 0 heterocycles. The van der Waals surface area contributed by atoms with Gasteiger partial charge in [0.25, 0.3) is 10.0 Å². The van der Waals surface area contributed by atoms with Crippen molar-refractivity contribution in [3.8, 4) is 0 Å². The van der Waals surface area contributed by atoms with E-state index in [4.69, 9.17) is 11.6 Å². The lowest BCUT2D eigenvalue weighted by Gasteiger charge is -2.14. The van der Waals surface area contributed by atoms with Crippen molar-refractivity contribution in [2.45, 2.75) is 18.7 Å². The molecule has 0 aliphatic rings. The molecule has 0 aromatic heterocycles. The van der Waals surface area contributed by atoms with E-state index in [1.54, 1.807) is 19.9 Å². The van der Waals surface area contributed by atoms with E-state index in [0.717, 1.165) is 12.1 Å². The van der Waals surface area contributed by atoms with Crippen molar-refractivity contribution in [2.75, 3.05) is 4.72 Å². The van der Waals surface area contributed by atoms with Crippen LogP contribution < -0.4 is 4.72 Å². The fourth-order valence-electron chi connectivity index (χ4n) is 2.15. The molecule has 0 fully saturated rings. The molecule has 0 amide bonds. The number of hydrogen-bond donors (Lipinski definition) is 2. The predicted molar refractivity (Wildman–Crippen MR) is 85.1 cm³/mol. The number of sulfonamides is 1. The molecule has 0 unspecified atom stereocenters. The van der Waals surface area contributed by atoms with Gasteiger partial charge in [-0.3, -0.25) is 4.72 Å². The van der Waals surface area contributed by atoms with Crippen LogP contribution in [0.15, 0.2) is 35.2 Å². The first-order valence-electron chi connectivity index (χ1n) is 6.44. The lowest BCUT2D eigenvalue weighted by molar-refractivity contribution is 0.0698. The van der Waals surface area contributed by atoms with Crippen LogP contribution in [-0.2, 0) is 10.0 Å². The zero-order valence-electron chi connectivity index (χ0n) is 12.2. The predicted octanol–water partition coefficient (Wildman–Crippen LogP) is 3.59. The standard InChI is InChI=1S/C15H13ClFNO4S/c1-8-5-9(2)14(11(6-8)15(19)20)18-23(21,22)13-4-3-10(16)7-12(13)17/h3-7,18H,1-2H3,(H,19,20). The molecule has 2 aromatic carbocycles. The molecule has 2 N–H and O–H groups in total. The maximum absolute atomic E-state index is 13.9. The molecule has 0 spiro atoms. The van der Waals surface area contributed by atoms with Crippen molar-refractivity contribution in [2.24, 2.45) is 0 Å². The fourth-order valence-corrected chi connectivity index (χ4v) is 3.53. The van der Waals surface area contributed by atoms with E-state index < -0.39 is 26.7 Å². The van der Waals surface area contributed by atoms with Gasteiger partial charge in [-0.2, -0.15) is 0 Å². The summed E-state index contributed by atoms with van der Waals surface area (Å²) in [6.07, 6.45) is 0. The summed E-state index contributed by atoms with van der Waals surface area (Å²) in [5.41, 5.74) is 0.777. The fraction of sp³-hybridized carbons (Fsp3) is 0.133. The Morgan fingerprint density at radius 2 is 1.87 bits per heavy atom. The van der Waals surface area contributed by atoms with Crippen LogP contribution in [0, 0.1) is 19.7 Å². The van der Waals surface area contributed by atoms with Crippen molar-refractivity contribution in [3.05, 3.63) is 57.9 Å². The van der Waals surface area contributed by atoms with Gasteiger partial charge >= 0.3 is 5.97 Å². The molecule has 8 heteroatoms. The molecule has 2 rings (SSSR count). The Balaban J connectivity index is 2.56. The quantitative estimate of drug-likeness (QED) is 0.875. The number of carboxylic acid groups (broad SMARTS) is 1. The van der Waals surface area contributed by atoms with E-state index in [2.05, 4.69) is 4.72 Å². The van der Waals surface area contributed by atoms with Crippen molar-refractivity contribution in [1.82, 2.24) is 0 Å². The van der Waals surface area contributed by atoms with Crippen molar-refractivity contribution < 1.29 is 22.7 Å². The van der Waals surface area contributed by atoms with E-state index in [-0.39, 0.29) is 16.3 Å². The second kappa shape index (κ2) is 6.17. The molecule has 0 saturated heterocycles. The van der Waals surface area contributed by atoms with Crippen LogP contribution >= 0.6 is 11.6 Å². The zero-order valence-corrected chi connectivity index (χ0v) is 13.8. The van der Waals surface area contributed by atoms with Gasteiger partial charge in [-0.25, -0.2) is 17.6 Å². The van der Waals surface area contributed by atoms with Gasteiger partial charge < -0.3 is 5.11 Å². The number of halogens is 2. The molecule has 5 nitrogen and oxygen atoms in total. The molecule has 23 heavy (non-hydrogen) atoms. The monoisotopic (exact) mass is 357 g/mol. The van der Waals surface area contributed by atoms with Gasteiger partial charge in [0.05, 0.1) is 11.3 Å². The number of anilines is 1. The lowest BCUT2D eigenvalue weighted by Crippen LogP contribution is -2.18. The highest BCUT2D eigenvalue weighted by Crippen LogP contribution is 2.27. The van der Waals surface area contributed by atoms with Gasteiger partial charge in [-0.1, -0.05) is 17.7 Å². The largest absolute Gasteiger partial charge is 0.478 e. The van der Waals surface area contributed by atoms with Crippen LogP contribution in [0.3, 0.4) is 0 Å². The summed E-state index contributed by atoms with van der Waals surface area (Å²) in [5, 5.41) is 9.30. The van der Waals surface area contributed by atoms with Gasteiger partial charge in [0, 0.05) is 5.02 Å². The summed E-state index contributed by atoms with van der Waals surface area (Å²) < 4.78 is 40.7. The molecule has 0 atom stereocenters. The Hall–Kier alpha value is -2.12. The maximum atomic E-state index is 13.9. The van der Waals surface area contributed by atoms with Gasteiger partial charge in [-0.05, 0) is 49.2 Å². The Morgan fingerprint density at radius 3 is 2.43 bits per heavy atom. The summed E-state index contributed by atoms with van der Waals surface area (Å²) in [6, 6.07) is 6.09. The summed E-state index contributed by atoms with van der Waals surface area (Å²) in [5.74, 6) is -2.31. The average Bonchev–Trinajstić information content (AvgIpc) is 2.40. The van der Waals surface area contributed by atoms with Crippen molar-refractivity contribution >= 4 is 33.3 Å². The third-order valence-electron chi connectivity index (χ3n) is 3.13. The number of nitrogens with one attached hydrogen (secondary N) is 1. The van der Waals surface area contributed by atoms with E-state index in [1.807, 2.05) is 0 Å². The topological polar surface area (TPSA) is 83.5 Å². The second-order valence-electron chi connectivity index (χ2n) is 4.99.